The van der Waals surface area contributed by atoms with Crippen LogP contribution in [0.25, 0.3) is 0 Å². The lowest BCUT2D eigenvalue weighted by atomic mass is 10.2. The van der Waals surface area contributed by atoms with Gasteiger partial charge < -0.3 is 23.8 Å². The van der Waals surface area contributed by atoms with Gasteiger partial charge in [-0.25, -0.2) is 4.79 Å². The van der Waals surface area contributed by atoms with E-state index in [9.17, 15) is 9.36 Å². The van der Waals surface area contributed by atoms with Gasteiger partial charge in [0, 0.05) is 0 Å². The highest BCUT2D eigenvalue weighted by Crippen LogP contribution is 2.52. The normalized spacial score (nSPS) is 12.3. The second kappa shape index (κ2) is 10.4. The average Bonchev–Trinajstić information content (AvgIpc) is 2.58. The lowest BCUT2D eigenvalue weighted by Crippen LogP contribution is -2.38. The van der Waals surface area contributed by atoms with E-state index in [2.05, 4.69) is 5.32 Å². The van der Waals surface area contributed by atoms with E-state index in [1.54, 1.807) is 45.2 Å². The largest absolute Gasteiger partial charge is 0.497 e. The smallest absolute Gasteiger partial charge is 0.364 e. The molecule has 0 saturated heterocycles. The van der Waals surface area contributed by atoms with Crippen molar-refractivity contribution in [3.05, 3.63) is 29.8 Å². The van der Waals surface area contributed by atoms with Gasteiger partial charge in [0.15, 0.2) is 0 Å². The molecule has 0 aliphatic rings. The number of nitrogens with one attached hydrogen (secondary N) is 1. The fraction of sp³-hybridized carbons (Fsp3) is 0.467. The van der Waals surface area contributed by atoms with Gasteiger partial charge in [0.25, 0.3) is 0 Å². The van der Waals surface area contributed by atoms with Gasteiger partial charge >= 0.3 is 13.6 Å². The fourth-order valence-corrected chi connectivity index (χ4v) is 3.77. The van der Waals surface area contributed by atoms with Crippen LogP contribution in [0.2, 0.25) is 0 Å². The number of hydrogen-bond acceptors (Lipinski definition) is 7. The molecule has 1 unspecified atom stereocenters. The molecule has 9 heteroatoms. The standard InChI is InChI=1S/C15H22NO6PS/c1-4-21-23(18,22-5-2)14(16-11-24)15(17)20-10-12-6-8-13(19-3)9-7-12/h6-9,11,14H,4-5,10H2,1-3H3,(H,16,24). The Morgan fingerprint density at radius 1 is 1.25 bits per heavy atom. The van der Waals surface area contributed by atoms with Crippen molar-refractivity contribution in [2.45, 2.75) is 26.2 Å². The van der Waals surface area contributed by atoms with Crippen LogP contribution in [0, 0.1) is 0 Å². The van der Waals surface area contributed by atoms with E-state index in [1.807, 2.05) is 0 Å². The molecule has 1 rings (SSSR count). The third-order valence-electron chi connectivity index (χ3n) is 2.92. The second-order valence-electron chi connectivity index (χ2n) is 4.52. The third-order valence-corrected chi connectivity index (χ3v) is 5.29. The molecule has 0 radical (unpaired) electrons. The molecule has 1 N–H and O–H groups in total. The van der Waals surface area contributed by atoms with Gasteiger partial charge in [-0.15, -0.1) is 0 Å². The molecule has 0 heterocycles. The first-order valence-electron chi connectivity index (χ1n) is 7.38. The van der Waals surface area contributed by atoms with E-state index < -0.39 is 19.3 Å². The number of rotatable bonds is 11. The molecule has 1 aromatic carbocycles. The average molecular weight is 375 g/mol. The predicted octanol–water partition coefficient (Wildman–Crippen LogP) is 2.88. The molecule has 0 bridgehead atoms. The molecular formula is C15H22NO6PS. The summed E-state index contributed by atoms with van der Waals surface area (Å²) in [4.78, 5) is 12.3. The predicted molar refractivity (Wildman–Crippen MR) is 94.2 cm³/mol. The van der Waals surface area contributed by atoms with E-state index in [0.29, 0.717) is 5.75 Å². The van der Waals surface area contributed by atoms with Crippen molar-refractivity contribution in [3.8, 4) is 5.75 Å². The Kier molecular flexibility index (Phi) is 8.92. The van der Waals surface area contributed by atoms with E-state index in [0.717, 1.165) is 11.1 Å². The molecule has 1 aromatic rings. The van der Waals surface area contributed by atoms with Crippen LogP contribution >= 0.6 is 19.8 Å². The molecule has 1 atom stereocenters. The summed E-state index contributed by atoms with van der Waals surface area (Å²) >= 11 is 4.70. The minimum absolute atomic E-state index is 0.0106. The molecule has 0 amide bonds. The lowest BCUT2D eigenvalue weighted by Gasteiger charge is -2.24. The van der Waals surface area contributed by atoms with Gasteiger partial charge in [0.2, 0.25) is 5.78 Å². The Morgan fingerprint density at radius 2 is 1.83 bits per heavy atom. The number of thiocarbonyl (C=S) groups is 1. The number of carbonyl (C=O) groups excluding carboxylic acids is 1. The number of carbonyl (C=O) groups is 1. The van der Waals surface area contributed by atoms with E-state index >= 15 is 0 Å². The minimum Gasteiger partial charge on any atom is -0.497 e. The van der Waals surface area contributed by atoms with Crippen molar-refractivity contribution in [2.24, 2.45) is 0 Å². The van der Waals surface area contributed by atoms with Crippen molar-refractivity contribution in [3.63, 3.8) is 0 Å². The maximum Gasteiger partial charge on any atom is 0.364 e. The van der Waals surface area contributed by atoms with Crippen LogP contribution < -0.4 is 10.1 Å². The van der Waals surface area contributed by atoms with Crippen LogP contribution in [0.1, 0.15) is 19.4 Å². The molecule has 0 saturated carbocycles. The maximum absolute atomic E-state index is 12.7. The number of hydrogen-bond donors (Lipinski definition) is 1. The molecule has 0 spiro atoms. The first-order valence-corrected chi connectivity index (χ1v) is 9.47. The Bertz CT molecular complexity index is 570. The van der Waals surface area contributed by atoms with E-state index in [4.69, 9.17) is 30.7 Å². The fourth-order valence-electron chi connectivity index (χ4n) is 1.85. The topological polar surface area (TPSA) is 83.1 Å². The summed E-state index contributed by atoms with van der Waals surface area (Å²) in [5, 5.41) is 2.53. The van der Waals surface area contributed by atoms with Gasteiger partial charge in [0.05, 0.1) is 25.8 Å². The van der Waals surface area contributed by atoms with Gasteiger partial charge in [-0.3, -0.25) is 4.57 Å². The summed E-state index contributed by atoms with van der Waals surface area (Å²) in [6, 6.07) is 7.03. The molecule has 7 nitrogen and oxygen atoms in total. The summed E-state index contributed by atoms with van der Waals surface area (Å²) in [6.45, 7) is 3.57. The molecule has 0 aromatic heterocycles. The van der Waals surface area contributed by atoms with Crippen LogP contribution in [0.5, 0.6) is 5.75 Å². The zero-order chi connectivity index (χ0) is 18.0. The number of methoxy groups -OCH3 is 1. The van der Waals surface area contributed by atoms with Crippen molar-refractivity contribution in [1.82, 2.24) is 5.32 Å². The van der Waals surface area contributed by atoms with Crippen LogP contribution in [0.4, 0.5) is 0 Å². The molecule has 24 heavy (non-hydrogen) atoms. The zero-order valence-electron chi connectivity index (χ0n) is 13.9. The maximum atomic E-state index is 12.7. The summed E-state index contributed by atoms with van der Waals surface area (Å²) in [5.74, 6) is -1.38. The molecule has 0 aliphatic heterocycles. The van der Waals surface area contributed by atoms with Crippen molar-refractivity contribution in [1.29, 1.82) is 0 Å². The second-order valence-corrected chi connectivity index (χ2v) is 6.87. The van der Waals surface area contributed by atoms with Crippen molar-refractivity contribution >= 4 is 31.3 Å². The highest BCUT2D eigenvalue weighted by atomic mass is 32.1. The lowest BCUT2D eigenvalue weighted by molar-refractivity contribution is -0.145. The van der Waals surface area contributed by atoms with E-state index in [-0.39, 0.29) is 19.8 Å². The first kappa shape index (κ1) is 20.6. The van der Waals surface area contributed by atoms with Gasteiger partial charge in [0.1, 0.15) is 12.4 Å². The Morgan fingerprint density at radius 3 is 2.29 bits per heavy atom. The first-order chi connectivity index (χ1) is 11.5. The summed E-state index contributed by atoms with van der Waals surface area (Å²) < 4.78 is 33.4. The third kappa shape index (κ3) is 5.87. The van der Waals surface area contributed by atoms with Crippen LogP contribution in [-0.4, -0.2) is 37.6 Å². The number of esters is 1. The number of benzene rings is 1. The van der Waals surface area contributed by atoms with Gasteiger partial charge in [-0.2, -0.15) is 0 Å². The summed E-state index contributed by atoms with van der Waals surface area (Å²) in [7, 11) is -2.17. The number of ether oxygens (including phenoxy) is 2. The molecular weight excluding hydrogens is 353 g/mol. The van der Waals surface area contributed by atoms with Gasteiger partial charge in [-0.05, 0) is 31.5 Å². The Balaban J connectivity index is 2.80. The van der Waals surface area contributed by atoms with Crippen molar-refractivity contribution in [2.75, 3.05) is 20.3 Å². The van der Waals surface area contributed by atoms with Crippen LogP contribution in [0.15, 0.2) is 24.3 Å². The summed E-state index contributed by atoms with van der Waals surface area (Å²) in [6.07, 6.45) is 0. The van der Waals surface area contributed by atoms with Crippen molar-refractivity contribution < 1.29 is 27.9 Å². The monoisotopic (exact) mass is 375 g/mol. The van der Waals surface area contributed by atoms with Gasteiger partial charge in [-0.1, -0.05) is 24.4 Å². The zero-order valence-corrected chi connectivity index (χ0v) is 15.6. The quantitative estimate of drug-likeness (QED) is 0.359. The molecule has 0 fully saturated rings. The Labute approximate surface area is 147 Å². The minimum atomic E-state index is -3.74. The highest BCUT2D eigenvalue weighted by molar-refractivity contribution is 7.78. The SMILES string of the molecule is CCOP(=O)(OCC)C(NC=S)C(=O)OCc1ccc(OC)cc1. The molecule has 134 valence electrons. The van der Waals surface area contributed by atoms with E-state index in [1.165, 1.54) is 0 Å². The molecule has 0 aliphatic carbocycles. The van der Waals surface area contributed by atoms with Crippen LogP contribution in [0.3, 0.4) is 0 Å². The Hall–Kier alpha value is -1.47. The highest BCUT2D eigenvalue weighted by Gasteiger charge is 2.42. The van der Waals surface area contributed by atoms with Crippen LogP contribution in [-0.2, 0) is 29.8 Å². The summed E-state index contributed by atoms with van der Waals surface area (Å²) in [5.41, 5.74) is 1.84.